The fourth-order valence-electron chi connectivity index (χ4n) is 1.16. The van der Waals surface area contributed by atoms with E-state index in [1.54, 1.807) is 0 Å². The van der Waals surface area contributed by atoms with Crippen molar-refractivity contribution in [2.24, 2.45) is 11.7 Å². The van der Waals surface area contributed by atoms with E-state index in [0.29, 0.717) is 5.92 Å². The molecule has 1 atom stereocenters. The van der Waals surface area contributed by atoms with E-state index in [1.807, 2.05) is 13.8 Å². The van der Waals surface area contributed by atoms with Crippen molar-refractivity contribution in [1.82, 2.24) is 4.90 Å². The number of nitrogens with zero attached hydrogens (tertiary/aromatic N) is 1. The summed E-state index contributed by atoms with van der Waals surface area (Å²) in [5.41, 5.74) is 4.97. The average Bonchev–Trinajstić information content (AvgIpc) is 1.99. The second kappa shape index (κ2) is 5.58. The van der Waals surface area contributed by atoms with Gasteiger partial charge < -0.3 is 15.7 Å². The van der Waals surface area contributed by atoms with Gasteiger partial charge in [0.1, 0.15) is 0 Å². The van der Waals surface area contributed by atoms with Crippen molar-refractivity contribution >= 4 is 0 Å². The van der Waals surface area contributed by atoms with Gasteiger partial charge in [-0.25, -0.2) is 0 Å². The molecule has 0 aliphatic heterocycles. The van der Waals surface area contributed by atoms with Gasteiger partial charge in [0.05, 0.1) is 5.60 Å². The van der Waals surface area contributed by atoms with E-state index in [-0.39, 0.29) is 0 Å². The van der Waals surface area contributed by atoms with Crippen LogP contribution >= 0.6 is 0 Å². The third-order valence-electron chi connectivity index (χ3n) is 2.13. The third-order valence-corrected chi connectivity index (χ3v) is 2.13. The van der Waals surface area contributed by atoms with Crippen LogP contribution in [0.1, 0.15) is 27.2 Å². The Balaban J connectivity index is 3.57. The molecule has 0 saturated carbocycles. The molecule has 0 aromatic carbocycles. The first-order valence-electron chi connectivity index (χ1n) is 4.96. The van der Waals surface area contributed by atoms with E-state index in [1.165, 1.54) is 0 Å². The highest BCUT2D eigenvalue weighted by Crippen LogP contribution is 2.08. The smallest absolute Gasteiger partial charge is 0.0603 e. The molecule has 0 rings (SSSR count). The highest BCUT2D eigenvalue weighted by Gasteiger charge is 2.13. The first-order chi connectivity index (χ1) is 5.85. The van der Waals surface area contributed by atoms with E-state index in [0.717, 1.165) is 26.1 Å². The van der Waals surface area contributed by atoms with Crippen molar-refractivity contribution < 1.29 is 5.11 Å². The van der Waals surface area contributed by atoms with Crippen molar-refractivity contribution in [3.8, 4) is 0 Å². The predicted octanol–water partition coefficient (Wildman–Crippen LogP) is 0.674. The normalized spacial score (nSPS) is 15.0. The summed E-state index contributed by atoms with van der Waals surface area (Å²) >= 11 is 0. The molecule has 0 spiro atoms. The van der Waals surface area contributed by atoms with Gasteiger partial charge in [-0.3, -0.25) is 0 Å². The van der Waals surface area contributed by atoms with Crippen LogP contribution in [-0.2, 0) is 0 Å². The molecule has 3 nitrogen and oxygen atoms in total. The summed E-state index contributed by atoms with van der Waals surface area (Å²) in [5, 5.41) is 9.51. The van der Waals surface area contributed by atoms with E-state index in [2.05, 4.69) is 18.9 Å². The molecule has 0 amide bonds. The lowest BCUT2D eigenvalue weighted by atomic mass is 10.1. The number of aliphatic hydroxyl groups is 1. The molecule has 3 N–H and O–H groups in total. The molecule has 13 heavy (non-hydrogen) atoms. The first kappa shape index (κ1) is 12.9. The van der Waals surface area contributed by atoms with Crippen LogP contribution in [0.5, 0.6) is 0 Å². The molecule has 3 heteroatoms. The molecule has 0 aliphatic rings. The van der Waals surface area contributed by atoms with Crippen LogP contribution in [0.15, 0.2) is 0 Å². The average molecular weight is 188 g/mol. The minimum absolute atomic E-state index is 0.534. The van der Waals surface area contributed by atoms with Crippen molar-refractivity contribution in [2.75, 3.05) is 26.7 Å². The minimum Gasteiger partial charge on any atom is -0.390 e. The number of hydrogen-bond acceptors (Lipinski definition) is 3. The third kappa shape index (κ3) is 8.22. The van der Waals surface area contributed by atoms with Crippen LogP contribution in [0.3, 0.4) is 0 Å². The zero-order valence-corrected chi connectivity index (χ0v) is 9.38. The second-order valence-corrected chi connectivity index (χ2v) is 4.67. The maximum atomic E-state index is 9.51. The molecule has 0 fully saturated rings. The Bertz CT molecular complexity index is 131. The lowest BCUT2D eigenvalue weighted by Crippen LogP contribution is -2.33. The predicted molar refractivity (Wildman–Crippen MR) is 56.6 cm³/mol. The Morgan fingerprint density at radius 1 is 1.46 bits per heavy atom. The lowest BCUT2D eigenvalue weighted by Gasteiger charge is -2.24. The van der Waals surface area contributed by atoms with Crippen LogP contribution in [-0.4, -0.2) is 42.3 Å². The summed E-state index contributed by atoms with van der Waals surface area (Å²) in [6, 6.07) is 0. The fraction of sp³-hybridized carbons (Fsp3) is 1.00. The quantitative estimate of drug-likeness (QED) is 0.644. The van der Waals surface area contributed by atoms with Gasteiger partial charge in [0.2, 0.25) is 0 Å². The first-order valence-corrected chi connectivity index (χ1v) is 4.96. The van der Waals surface area contributed by atoms with Gasteiger partial charge in [-0.15, -0.1) is 0 Å². The Hall–Kier alpha value is -0.120. The molecule has 0 aromatic heterocycles. The zero-order chi connectivity index (χ0) is 10.5. The van der Waals surface area contributed by atoms with E-state index < -0.39 is 5.60 Å². The van der Waals surface area contributed by atoms with Crippen LogP contribution in [0.25, 0.3) is 0 Å². The van der Waals surface area contributed by atoms with Crippen molar-refractivity contribution in [2.45, 2.75) is 32.8 Å². The van der Waals surface area contributed by atoms with Crippen molar-refractivity contribution in [1.29, 1.82) is 0 Å². The SMILES string of the molecule is CC(CN)CN(C)CCC(C)(C)O. The molecular formula is C10H24N2O. The molecule has 1 unspecified atom stereocenters. The Kier molecular flexibility index (Phi) is 5.53. The summed E-state index contributed by atoms with van der Waals surface area (Å²) in [7, 11) is 2.07. The molecule has 80 valence electrons. The largest absolute Gasteiger partial charge is 0.390 e. The van der Waals surface area contributed by atoms with Crippen LogP contribution in [0, 0.1) is 5.92 Å². The van der Waals surface area contributed by atoms with Crippen LogP contribution < -0.4 is 5.73 Å². The van der Waals surface area contributed by atoms with Crippen LogP contribution in [0.2, 0.25) is 0 Å². The van der Waals surface area contributed by atoms with E-state index >= 15 is 0 Å². The summed E-state index contributed by atoms with van der Waals surface area (Å²) in [4.78, 5) is 2.22. The molecule has 0 heterocycles. The zero-order valence-electron chi connectivity index (χ0n) is 9.38. The number of nitrogens with two attached hydrogens (primary N) is 1. The van der Waals surface area contributed by atoms with Gasteiger partial charge >= 0.3 is 0 Å². The number of hydrogen-bond donors (Lipinski definition) is 2. The standard InChI is InChI=1S/C10H24N2O/c1-9(7-11)8-12(4)6-5-10(2,3)13/h9,13H,5-8,11H2,1-4H3. The monoisotopic (exact) mass is 188 g/mol. The van der Waals surface area contributed by atoms with Crippen molar-refractivity contribution in [3.05, 3.63) is 0 Å². The lowest BCUT2D eigenvalue weighted by molar-refractivity contribution is 0.0594. The molecular weight excluding hydrogens is 164 g/mol. The molecule has 0 saturated heterocycles. The second-order valence-electron chi connectivity index (χ2n) is 4.67. The Morgan fingerprint density at radius 2 is 2.00 bits per heavy atom. The number of rotatable bonds is 6. The summed E-state index contributed by atoms with van der Waals surface area (Å²) in [5.74, 6) is 0.534. The summed E-state index contributed by atoms with van der Waals surface area (Å²) in [6.07, 6.45) is 0.806. The van der Waals surface area contributed by atoms with Gasteiger partial charge in [-0.1, -0.05) is 6.92 Å². The maximum absolute atomic E-state index is 9.51. The Morgan fingerprint density at radius 3 is 2.38 bits per heavy atom. The van der Waals surface area contributed by atoms with Gasteiger partial charge in [0.15, 0.2) is 0 Å². The van der Waals surface area contributed by atoms with Crippen LogP contribution in [0.4, 0.5) is 0 Å². The van der Waals surface area contributed by atoms with Gasteiger partial charge in [-0.05, 0) is 39.8 Å². The molecule has 0 bridgehead atoms. The topological polar surface area (TPSA) is 49.5 Å². The van der Waals surface area contributed by atoms with E-state index in [9.17, 15) is 5.11 Å². The molecule has 0 radical (unpaired) electrons. The summed E-state index contributed by atoms with van der Waals surface area (Å²) < 4.78 is 0. The van der Waals surface area contributed by atoms with Gasteiger partial charge in [0.25, 0.3) is 0 Å². The van der Waals surface area contributed by atoms with Crippen molar-refractivity contribution in [3.63, 3.8) is 0 Å². The Labute approximate surface area is 81.9 Å². The highest BCUT2D eigenvalue weighted by molar-refractivity contribution is 4.68. The van der Waals surface area contributed by atoms with Gasteiger partial charge in [-0.2, -0.15) is 0 Å². The highest BCUT2D eigenvalue weighted by atomic mass is 16.3. The molecule has 0 aromatic rings. The fourth-order valence-corrected chi connectivity index (χ4v) is 1.16. The molecule has 0 aliphatic carbocycles. The summed E-state index contributed by atoms with van der Waals surface area (Å²) in [6.45, 7) is 8.48. The minimum atomic E-state index is -0.555. The maximum Gasteiger partial charge on any atom is 0.0603 e. The van der Waals surface area contributed by atoms with E-state index in [4.69, 9.17) is 5.73 Å². The van der Waals surface area contributed by atoms with Gasteiger partial charge in [0, 0.05) is 13.1 Å².